The molecular formula is C8H14N4S. The van der Waals surface area contributed by atoms with Crippen molar-refractivity contribution in [2.24, 2.45) is 16.8 Å². The monoisotopic (exact) mass is 198 g/mol. The van der Waals surface area contributed by atoms with Gasteiger partial charge in [0.05, 0.1) is 0 Å². The maximum Gasteiger partial charge on any atom is 0.184 e. The van der Waals surface area contributed by atoms with Crippen LogP contribution in [0, 0.1) is 5.92 Å². The number of fused-ring (bicyclic) bond motifs is 2. The summed E-state index contributed by atoms with van der Waals surface area (Å²) in [6.07, 6.45) is 2.29. The molecule has 0 aromatic rings. The summed E-state index contributed by atoms with van der Waals surface area (Å²) in [6, 6.07) is 0. The smallest absolute Gasteiger partial charge is 0.184 e. The lowest BCUT2D eigenvalue weighted by Crippen LogP contribution is -2.34. The van der Waals surface area contributed by atoms with Gasteiger partial charge in [0.15, 0.2) is 5.11 Å². The highest BCUT2D eigenvalue weighted by molar-refractivity contribution is 7.80. The molecule has 4 nitrogen and oxygen atoms in total. The SMILES string of the molecule is NC(=S)NN=C1CCN2CCC1C2. The van der Waals surface area contributed by atoms with Crippen LogP contribution < -0.4 is 11.2 Å². The molecule has 0 amide bonds. The van der Waals surface area contributed by atoms with Crippen molar-refractivity contribution in [3.05, 3.63) is 0 Å². The van der Waals surface area contributed by atoms with Crippen LogP contribution in [0.3, 0.4) is 0 Å². The number of piperidine rings is 1. The molecule has 2 bridgehead atoms. The van der Waals surface area contributed by atoms with E-state index in [0.717, 1.165) is 19.5 Å². The Labute approximate surface area is 83.2 Å². The van der Waals surface area contributed by atoms with Crippen molar-refractivity contribution in [2.75, 3.05) is 19.6 Å². The van der Waals surface area contributed by atoms with Crippen LogP contribution in [0.1, 0.15) is 12.8 Å². The Morgan fingerprint density at radius 1 is 1.62 bits per heavy atom. The molecule has 0 spiro atoms. The van der Waals surface area contributed by atoms with Crippen LogP contribution in [0.15, 0.2) is 5.10 Å². The Kier molecular flexibility index (Phi) is 2.46. The largest absolute Gasteiger partial charge is 0.375 e. The summed E-state index contributed by atoms with van der Waals surface area (Å²) in [5.74, 6) is 0.635. The zero-order chi connectivity index (χ0) is 9.26. The fourth-order valence-corrected chi connectivity index (χ4v) is 2.10. The Morgan fingerprint density at radius 2 is 2.46 bits per heavy atom. The van der Waals surface area contributed by atoms with Crippen LogP contribution in [0.5, 0.6) is 0 Å². The minimum Gasteiger partial charge on any atom is -0.375 e. The van der Waals surface area contributed by atoms with E-state index in [-0.39, 0.29) is 5.11 Å². The molecule has 2 saturated heterocycles. The van der Waals surface area contributed by atoms with E-state index in [9.17, 15) is 0 Å². The molecule has 3 N–H and O–H groups in total. The van der Waals surface area contributed by atoms with Gasteiger partial charge in [-0.2, -0.15) is 5.10 Å². The van der Waals surface area contributed by atoms with E-state index < -0.39 is 0 Å². The van der Waals surface area contributed by atoms with Gasteiger partial charge in [-0.25, -0.2) is 0 Å². The third kappa shape index (κ3) is 1.97. The van der Waals surface area contributed by atoms with Crippen LogP contribution in [-0.2, 0) is 0 Å². The van der Waals surface area contributed by atoms with E-state index in [1.807, 2.05) is 0 Å². The third-order valence-electron chi connectivity index (χ3n) is 2.74. The average Bonchev–Trinajstić information content (AvgIpc) is 2.47. The van der Waals surface area contributed by atoms with Crippen molar-refractivity contribution >= 4 is 23.0 Å². The van der Waals surface area contributed by atoms with Crippen LogP contribution in [0.25, 0.3) is 0 Å². The minimum atomic E-state index is 0.257. The van der Waals surface area contributed by atoms with Gasteiger partial charge in [-0.05, 0) is 25.2 Å². The number of hydrogen-bond donors (Lipinski definition) is 2. The Bertz CT molecular complexity index is 251. The van der Waals surface area contributed by atoms with E-state index in [0.29, 0.717) is 5.92 Å². The van der Waals surface area contributed by atoms with Gasteiger partial charge >= 0.3 is 0 Å². The van der Waals surface area contributed by atoms with Crippen LogP contribution in [-0.4, -0.2) is 35.4 Å². The zero-order valence-electron chi connectivity index (χ0n) is 7.49. The Balaban J connectivity index is 1.99. The first-order valence-corrected chi connectivity index (χ1v) is 5.01. The standard InChI is InChI=1S/C8H14N4S/c9-8(13)11-10-7-2-4-12-3-1-6(7)5-12/h6H,1-5H2,(H3,9,11,13). The summed E-state index contributed by atoms with van der Waals surface area (Å²) in [7, 11) is 0. The summed E-state index contributed by atoms with van der Waals surface area (Å²) < 4.78 is 0. The lowest BCUT2D eigenvalue weighted by Gasteiger charge is -2.23. The van der Waals surface area contributed by atoms with Crippen molar-refractivity contribution in [2.45, 2.75) is 12.8 Å². The van der Waals surface area contributed by atoms with Crippen LogP contribution in [0.4, 0.5) is 0 Å². The fourth-order valence-electron chi connectivity index (χ4n) is 2.06. The Morgan fingerprint density at radius 3 is 3.23 bits per heavy atom. The van der Waals surface area contributed by atoms with Gasteiger partial charge in [0, 0.05) is 31.1 Å². The summed E-state index contributed by atoms with van der Waals surface area (Å²) >= 11 is 4.70. The quantitative estimate of drug-likeness (QED) is 0.456. The second-order valence-electron chi connectivity index (χ2n) is 3.62. The molecule has 2 aliphatic heterocycles. The number of hydrogen-bond acceptors (Lipinski definition) is 3. The minimum absolute atomic E-state index is 0.257. The molecule has 0 aromatic heterocycles. The van der Waals surface area contributed by atoms with Crippen molar-refractivity contribution in [1.82, 2.24) is 10.3 Å². The molecule has 0 saturated carbocycles. The van der Waals surface area contributed by atoms with Crippen molar-refractivity contribution in [3.63, 3.8) is 0 Å². The van der Waals surface area contributed by atoms with E-state index in [2.05, 4.69) is 15.4 Å². The normalized spacial score (nSPS) is 34.9. The number of nitrogens with one attached hydrogen (secondary N) is 1. The maximum atomic E-state index is 5.31. The molecule has 0 radical (unpaired) electrons. The zero-order valence-corrected chi connectivity index (χ0v) is 8.31. The van der Waals surface area contributed by atoms with E-state index in [1.165, 1.54) is 18.7 Å². The lowest BCUT2D eigenvalue weighted by atomic mass is 9.98. The van der Waals surface area contributed by atoms with Gasteiger partial charge in [-0.1, -0.05) is 0 Å². The predicted octanol–water partition coefficient (Wildman–Crippen LogP) is -0.0988. The van der Waals surface area contributed by atoms with E-state index >= 15 is 0 Å². The summed E-state index contributed by atoms with van der Waals surface area (Å²) in [4.78, 5) is 2.48. The second kappa shape index (κ2) is 3.59. The number of hydrazone groups is 1. The number of nitrogens with zero attached hydrogens (tertiary/aromatic N) is 2. The van der Waals surface area contributed by atoms with Gasteiger partial charge in [-0.15, -0.1) is 0 Å². The summed E-state index contributed by atoms with van der Waals surface area (Å²) in [5.41, 5.74) is 9.22. The molecule has 2 heterocycles. The first-order chi connectivity index (χ1) is 6.25. The molecule has 5 heteroatoms. The fraction of sp³-hybridized carbons (Fsp3) is 0.750. The van der Waals surface area contributed by atoms with Crippen molar-refractivity contribution < 1.29 is 0 Å². The highest BCUT2D eigenvalue weighted by Gasteiger charge is 2.31. The molecule has 2 fully saturated rings. The molecule has 2 unspecified atom stereocenters. The van der Waals surface area contributed by atoms with Crippen molar-refractivity contribution in [3.8, 4) is 0 Å². The van der Waals surface area contributed by atoms with Gasteiger partial charge in [0.25, 0.3) is 0 Å². The molecule has 0 aliphatic carbocycles. The first kappa shape index (κ1) is 8.90. The lowest BCUT2D eigenvalue weighted by molar-refractivity contribution is 0.329. The van der Waals surface area contributed by atoms with Gasteiger partial charge in [0.2, 0.25) is 0 Å². The predicted molar refractivity (Wildman–Crippen MR) is 56.5 cm³/mol. The van der Waals surface area contributed by atoms with Crippen LogP contribution in [0.2, 0.25) is 0 Å². The molecule has 2 aliphatic rings. The molecular weight excluding hydrogens is 184 g/mol. The summed E-state index contributed by atoms with van der Waals surface area (Å²) in [6.45, 7) is 3.52. The molecule has 13 heavy (non-hydrogen) atoms. The molecule has 2 rings (SSSR count). The highest BCUT2D eigenvalue weighted by Crippen LogP contribution is 2.24. The highest BCUT2D eigenvalue weighted by atomic mass is 32.1. The van der Waals surface area contributed by atoms with E-state index in [4.69, 9.17) is 18.0 Å². The van der Waals surface area contributed by atoms with Crippen molar-refractivity contribution in [1.29, 1.82) is 0 Å². The van der Waals surface area contributed by atoms with E-state index in [1.54, 1.807) is 0 Å². The van der Waals surface area contributed by atoms with Gasteiger partial charge in [0.1, 0.15) is 0 Å². The Hall–Kier alpha value is -0.680. The number of rotatable bonds is 1. The molecule has 72 valence electrons. The molecule has 0 aromatic carbocycles. The van der Waals surface area contributed by atoms with Gasteiger partial charge < -0.3 is 10.6 Å². The topological polar surface area (TPSA) is 53.6 Å². The third-order valence-corrected chi connectivity index (χ3v) is 2.83. The number of thiocarbonyl (C=S) groups is 1. The maximum absolute atomic E-state index is 5.31. The second-order valence-corrected chi connectivity index (χ2v) is 4.06. The first-order valence-electron chi connectivity index (χ1n) is 4.60. The average molecular weight is 198 g/mol. The number of nitrogens with two attached hydrogens (primary N) is 1. The van der Waals surface area contributed by atoms with Gasteiger partial charge in [-0.3, -0.25) is 5.43 Å². The summed E-state index contributed by atoms with van der Waals surface area (Å²) in [5, 5.41) is 4.49. The molecule has 2 atom stereocenters. The van der Waals surface area contributed by atoms with Crippen LogP contribution >= 0.6 is 12.2 Å².